The topological polar surface area (TPSA) is 62.7 Å². The van der Waals surface area contributed by atoms with Crippen molar-refractivity contribution in [3.05, 3.63) is 35.3 Å². The number of hydrogen-bond acceptors (Lipinski definition) is 5. The zero-order chi connectivity index (χ0) is 16.8. The predicted octanol–water partition coefficient (Wildman–Crippen LogP) is 3.36. The number of ether oxygens (including phenoxy) is 1. The Bertz CT molecular complexity index is 640. The quantitative estimate of drug-likeness (QED) is 0.802. The van der Waals surface area contributed by atoms with Crippen molar-refractivity contribution in [3.8, 4) is 16.3 Å². The van der Waals surface area contributed by atoms with E-state index in [4.69, 9.17) is 9.84 Å². The fraction of sp³-hybridized carbons (Fsp3) is 0.412. The lowest BCUT2D eigenvalue weighted by Crippen LogP contribution is -2.28. The Hall–Kier alpha value is -1.92. The van der Waals surface area contributed by atoms with Gasteiger partial charge in [-0.05, 0) is 38.2 Å². The van der Waals surface area contributed by atoms with Gasteiger partial charge in [-0.3, -0.25) is 9.69 Å². The molecule has 0 bridgehead atoms. The average molecular weight is 334 g/mol. The number of carboxylic acid groups (broad SMARTS) is 1. The van der Waals surface area contributed by atoms with E-state index in [1.54, 1.807) is 18.3 Å². The van der Waals surface area contributed by atoms with Crippen molar-refractivity contribution in [2.45, 2.75) is 20.4 Å². The largest absolute Gasteiger partial charge is 0.494 e. The first kappa shape index (κ1) is 17.4. The van der Waals surface area contributed by atoms with Gasteiger partial charge in [0.15, 0.2) is 0 Å². The van der Waals surface area contributed by atoms with Gasteiger partial charge in [0, 0.05) is 24.0 Å². The molecule has 0 spiro atoms. The summed E-state index contributed by atoms with van der Waals surface area (Å²) < 4.78 is 5.44. The normalized spacial score (nSPS) is 12.3. The van der Waals surface area contributed by atoms with E-state index >= 15 is 0 Å². The van der Waals surface area contributed by atoms with Crippen LogP contribution in [0.25, 0.3) is 10.6 Å². The minimum absolute atomic E-state index is 0.385. The molecule has 0 saturated heterocycles. The molecule has 1 atom stereocenters. The van der Waals surface area contributed by atoms with E-state index in [2.05, 4.69) is 4.98 Å². The molecule has 0 fully saturated rings. The van der Waals surface area contributed by atoms with E-state index in [1.807, 2.05) is 48.5 Å². The van der Waals surface area contributed by atoms with Crippen LogP contribution in [-0.4, -0.2) is 41.2 Å². The SMILES string of the molecule is CCOc1ccc(-c2nc(CN(C)CC(C)C(=O)O)cs2)cc1. The first-order valence-electron chi connectivity index (χ1n) is 7.58. The van der Waals surface area contributed by atoms with Crippen molar-refractivity contribution >= 4 is 17.3 Å². The molecule has 6 heteroatoms. The van der Waals surface area contributed by atoms with Crippen LogP contribution in [0, 0.1) is 5.92 Å². The zero-order valence-corrected chi connectivity index (χ0v) is 14.5. The monoisotopic (exact) mass is 334 g/mol. The number of benzene rings is 1. The number of thiazole rings is 1. The second kappa shape index (κ2) is 8.08. The maximum Gasteiger partial charge on any atom is 0.307 e. The molecule has 124 valence electrons. The van der Waals surface area contributed by atoms with Crippen LogP contribution < -0.4 is 4.74 Å². The molecule has 1 N–H and O–H groups in total. The Labute approximate surface area is 140 Å². The van der Waals surface area contributed by atoms with Crippen LogP contribution in [0.5, 0.6) is 5.75 Å². The summed E-state index contributed by atoms with van der Waals surface area (Å²) in [6.07, 6.45) is 0. The summed E-state index contributed by atoms with van der Waals surface area (Å²) in [4.78, 5) is 17.5. The summed E-state index contributed by atoms with van der Waals surface area (Å²) in [5, 5.41) is 11.9. The molecule has 0 aliphatic carbocycles. The van der Waals surface area contributed by atoms with Gasteiger partial charge in [-0.2, -0.15) is 0 Å². The van der Waals surface area contributed by atoms with Gasteiger partial charge in [0.2, 0.25) is 0 Å². The number of nitrogens with zero attached hydrogens (tertiary/aromatic N) is 2. The average Bonchev–Trinajstić information content (AvgIpc) is 2.96. The van der Waals surface area contributed by atoms with Crippen LogP contribution in [0.4, 0.5) is 0 Å². The third-order valence-corrected chi connectivity index (χ3v) is 4.34. The molecule has 0 saturated carbocycles. The number of carboxylic acids is 1. The molecular formula is C17H22N2O3S. The molecular weight excluding hydrogens is 312 g/mol. The van der Waals surface area contributed by atoms with Crippen molar-refractivity contribution in [2.24, 2.45) is 5.92 Å². The van der Waals surface area contributed by atoms with E-state index in [-0.39, 0.29) is 5.92 Å². The van der Waals surface area contributed by atoms with Gasteiger partial charge in [-0.15, -0.1) is 11.3 Å². The Morgan fingerprint density at radius 1 is 1.39 bits per heavy atom. The van der Waals surface area contributed by atoms with Crippen molar-refractivity contribution in [2.75, 3.05) is 20.2 Å². The Morgan fingerprint density at radius 2 is 2.09 bits per heavy atom. The van der Waals surface area contributed by atoms with E-state index in [0.717, 1.165) is 22.0 Å². The molecule has 5 nitrogen and oxygen atoms in total. The highest BCUT2D eigenvalue weighted by Crippen LogP contribution is 2.26. The van der Waals surface area contributed by atoms with Crippen molar-refractivity contribution in [1.29, 1.82) is 0 Å². The summed E-state index contributed by atoms with van der Waals surface area (Å²) in [6.45, 7) is 5.48. The highest BCUT2D eigenvalue weighted by Gasteiger charge is 2.14. The van der Waals surface area contributed by atoms with Gasteiger partial charge in [-0.1, -0.05) is 6.92 Å². The van der Waals surface area contributed by atoms with Crippen molar-refractivity contribution < 1.29 is 14.6 Å². The van der Waals surface area contributed by atoms with E-state index < -0.39 is 5.97 Å². The van der Waals surface area contributed by atoms with Gasteiger partial charge in [-0.25, -0.2) is 4.98 Å². The van der Waals surface area contributed by atoms with E-state index in [1.165, 1.54) is 0 Å². The number of aliphatic carboxylic acids is 1. The lowest BCUT2D eigenvalue weighted by molar-refractivity contribution is -0.141. The number of carbonyl (C=O) groups is 1. The molecule has 1 aromatic carbocycles. The molecule has 0 aliphatic rings. The van der Waals surface area contributed by atoms with Crippen LogP contribution in [0.1, 0.15) is 19.5 Å². The molecule has 1 heterocycles. The summed E-state index contributed by atoms with van der Waals surface area (Å²) in [5.41, 5.74) is 2.02. The second-order valence-corrected chi connectivity index (χ2v) is 6.40. The smallest absolute Gasteiger partial charge is 0.307 e. The van der Waals surface area contributed by atoms with Crippen LogP contribution in [-0.2, 0) is 11.3 Å². The number of rotatable bonds is 8. The first-order chi connectivity index (χ1) is 11.0. The lowest BCUT2D eigenvalue weighted by Gasteiger charge is -2.17. The van der Waals surface area contributed by atoms with Gasteiger partial charge in [0.25, 0.3) is 0 Å². The molecule has 1 unspecified atom stereocenters. The Morgan fingerprint density at radius 3 is 2.70 bits per heavy atom. The molecule has 1 aromatic heterocycles. The first-order valence-corrected chi connectivity index (χ1v) is 8.46. The van der Waals surface area contributed by atoms with Crippen molar-refractivity contribution in [1.82, 2.24) is 9.88 Å². The minimum atomic E-state index is -0.773. The second-order valence-electron chi connectivity index (χ2n) is 5.54. The standard InChI is InChI=1S/C17H22N2O3S/c1-4-22-15-7-5-13(6-8-15)16-18-14(11-23-16)10-19(3)9-12(2)17(20)21/h5-8,11-12H,4,9-10H2,1-3H3,(H,20,21). The van der Waals surface area contributed by atoms with Crippen molar-refractivity contribution in [3.63, 3.8) is 0 Å². The van der Waals surface area contributed by atoms with Gasteiger partial charge >= 0.3 is 5.97 Å². The van der Waals surface area contributed by atoms with Crippen LogP contribution in [0.2, 0.25) is 0 Å². The highest BCUT2D eigenvalue weighted by atomic mass is 32.1. The maximum atomic E-state index is 10.9. The molecule has 2 aromatic rings. The van der Waals surface area contributed by atoms with E-state index in [9.17, 15) is 4.79 Å². The summed E-state index contributed by atoms with van der Waals surface area (Å²) in [7, 11) is 1.91. The van der Waals surface area contributed by atoms with Crippen LogP contribution >= 0.6 is 11.3 Å². The third-order valence-electron chi connectivity index (χ3n) is 3.40. The van der Waals surface area contributed by atoms with Crippen LogP contribution in [0.15, 0.2) is 29.6 Å². The Balaban J connectivity index is 1.98. The van der Waals surface area contributed by atoms with Gasteiger partial charge in [0.05, 0.1) is 18.2 Å². The van der Waals surface area contributed by atoms with Gasteiger partial charge < -0.3 is 9.84 Å². The fourth-order valence-electron chi connectivity index (χ4n) is 2.26. The molecule has 2 rings (SSSR count). The number of hydrogen-bond donors (Lipinski definition) is 1. The lowest BCUT2D eigenvalue weighted by atomic mass is 10.2. The third kappa shape index (κ3) is 5.04. The molecule has 0 aliphatic heterocycles. The molecule has 0 radical (unpaired) electrons. The number of aromatic nitrogens is 1. The summed E-state index contributed by atoms with van der Waals surface area (Å²) in [5.74, 6) is -0.301. The maximum absolute atomic E-state index is 10.9. The summed E-state index contributed by atoms with van der Waals surface area (Å²) >= 11 is 1.59. The Kier molecular flexibility index (Phi) is 6.12. The zero-order valence-electron chi connectivity index (χ0n) is 13.7. The highest BCUT2D eigenvalue weighted by molar-refractivity contribution is 7.13. The summed E-state index contributed by atoms with van der Waals surface area (Å²) in [6, 6.07) is 7.90. The van der Waals surface area contributed by atoms with Gasteiger partial charge in [0.1, 0.15) is 10.8 Å². The molecule has 0 amide bonds. The fourth-order valence-corrected chi connectivity index (χ4v) is 3.08. The molecule has 23 heavy (non-hydrogen) atoms. The van der Waals surface area contributed by atoms with Crippen LogP contribution in [0.3, 0.4) is 0 Å². The minimum Gasteiger partial charge on any atom is -0.494 e. The van der Waals surface area contributed by atoms with E-state index in [0.29, 0.717) is 19.7 Å². The predicted molar refractivity (Wildman–Crippen MR) is 91.9 cm³/mol.